The highest BCUT2D eigenvalue weighted by atomic mass is 79.9. The van der Waals surface area contributed by atoms with Crippen molar-refractivity contribution in [3.05, 3.63) is 87.9 Å². The van der Waals surface area contributed by atoms with E-state index in [9.17, 15) is 9.90 Å². The summed E-state index contributed by atoms with van der Waals surface area (Å²) in [5.74, 6) is 0.429. The number of hydrogen-bond donors (Lipinski definition) is 1. The van der Waals surface area contributed by atoms with Crippen LogP contribution in [0.4, 0.5) is 5.82 Å². The summed E-state index contributed by atoms with van der Waals surface area (Å²) in [5, 5.41) is 10.8. The summed E-state index contributed by atoms with van der Waals surface area (Å²) in [5.41, 5.74) is 2.77. The Bertz CT molecular complexity index is 1250. The fraction of sp³-hybridized carbons (Fsp3) is 0.160. The van der Waals surface area contributed by atoms with Crippen LogP contribution in [-0.4, -0.2) is 34.1 Å². The number of fused-ring (bicyclic) bond motifs is 1. The van der Waals surface area contributed by atoms with Gasteiger partial charge in [-0.2, -0.15) is 0 Å². The molecular weight excluding hydrogens is 490 g/mol. The number of aromatic nitrogens is 2. The molecule has 0 unspecified atom stereocenters. The van der Waals surface area contributed by atoms with Gasteiger partial charge in [0.15, 0.2) is 5.82 Å². The van der Waals surface area contributed by atoms with E-state index in [2.05, 4.69) is 28.1 Å². The van der Waals surface area contributed by atoms with Crippen LogP contribution in [0.1, 0.15) is 12.0 Å². The van der Waals surface area contributed by atoms with Crippen LogP contribution in [0.3, 0.4) is 0 Å². The Hall–Kier alpha value is -2.96. The number of benzene rings is 3. The molecule has 1 N–H and O–H groups in total. The van der Waals surface area contributed by atoms with E-state index in [1.807, 2.05) is 65.6 Å². The van der Waals surface area contributed by atoms with Crippen LogP contribution in [0.15, 0.2) is 77.3 Å². The zero-order valence-corrected chi connectivity index (χ0v) is 19.6. The third kappa shape index (κ3) is 5.44. The molecule has 0 bridgehead atoms. The molecule has 0 spiro atoms. The van der Waals surface area contributed by atoms with Crippen molar-refractivity contribution < 1.29 is 9.90 Å². The van der Waals surface area contributed by atoms with Crippen LogP contribution in [0.2, 0.25) is 5.02 Å². The predicted molar refractivity (Wildman–Crippen MR) is 132 cm³/mol. The molecule has 0 radical (unpaired) electrons. The average Bonchev–Trinajstić information content (AvgIpc) is 2.79. The topological polar surface area (TPSA) is 66.3 Å². The van der Waals surface area contributed by atoms with Crippen LogP contribution in [0, 0.1) is 0 Å². The zero-order valence-electron chi connectivity index (χ0n) is 17.2. The SMILES string of the molecule is O=C(O)CCN(CCc1ccccc1)c1nc(-c2cccc(Br)c2)nc2cc(Cl)ccc12. The standard InChI is InChI=1S/C25H21BrClN3O2/c26-19-8-4-7-18(15-19)24-28-22-16-20(27)9-10-21(22)25(29-24)30(14-12-23(31)32)13-11-17-5-2-1-3-6-17/h1-10,15-16H,11-14H2,(H,31,32). The molecule has 0 saturated heterocycles. The lowest BCUT2D eigenvalue weighted by Crippen LogP contribution is -2.29. The van der Waals surface area contributed by atoms with Crippen molar-refractivity contribution in [2.45, 2.75) is 12.8 Å². The van der Waals surface area contributed by atoms with E-state index in [1.165, 1.54) is 5.56 Å². The molecule has 0 atom stereocenters. The third-order valence-corrected chi connectivity index (χ3v) is 5.86. The molecule has 4 rings (SSSR count). The lowest BCUT2D eigenvalue weighted by molar-refractivity contribution is -0.136. The Morgan fingerprint density at radius 1 is 0.969 bits per heavy atom. The van der Waals surface area contributed by atoms with Crippen molar-refractivity contribution in [3.63, 3.8) is 0 Å². The van der Waals surface area contributed by atoms with Crippen molar-refractivity contribution in [2.24, 2.45) is 0 Å². The molecule has 0 saturated carbocycles. The van der Waals surface area contributed by atoms with Gasteiger partial charge >= 0.3 is 5.97 Å². The van der Waals surface area contributed by atoms with Crippen molar-refractivity contribution in [3.8, 4) is 11.4 Å². The Morgan fingerprint density at radius 2 is 1.78 bits per heavy atom. The van der Waals surface area contributed by atoms with Gasteiger partial charge in [-0.25, -0.2) is 9.97 Å². The van der Waals surface area contributed by atoms with Gasteiger partial charge in [-0.15, -0.1) is 0 Å². The molecule has 0 aliphatic carbocycles. The normalized spacial score (nSPS) is 10.9. The lowest BCUT2D eigenvalue weighted by Gasteiger charge is -2.25. The van der Waals surface area contributed by atoms with E-state index in [0.717, 1.165) is 27.4 Å². The Labute approximate surface area is 199 Å². The van der Waals surface area contributed by atoms with Gasteiger partial charge in [-0.05, 0) is 42.3 Å². The molecule has 32 heavy (non-hydrogen) atoms. The highest BCUT2D eigenvalue weighted by Gasteiger charge is 2.17. The lowest BCUT2D eigenvalue weighted by atomic mass is 10.1. The summed E-state index contributed by atoms with van der Waals surface area (Å²) in [4.78, 5) is 23.0. The van der Waals surface area contributed by atoms with Crippen LogP contribution in [-0.2, 0) is 11.2 Å². The molecular formula is C25H21BrClN3O2. The number of rotatable bonds is 8. The Balaban J connectivity index is 1.80. The first-order valence-electron chi connectivity index (χ1n) is 10.2. The second-order valence-electron chi connectivity index (χ2n) is 7.41. The largest absolute Gasteiger partial charge is 0.481 e. The van der Waals surface area contributed by atoms with Crippen LogP contribution < -0.4 is 4.90 Å². The Morgan fingerprint density at radius 3 is 2.53 bits per heavy atom. The molecule has 3 aromatic carbocycles. The van der Waals surface area contributed by atoms with Crippen molar-refractivity contribution in [1.29, 1.82) is 0 Å². The van der Waals surface area contributed by atoms with Crippen molar-refractivity contribution in [2.75, 3.05) is 18.0 Å². The Kier molecular flexibility index (Phi) is 7.02. The summed E-state index contributed by atoms with van der Waals surface area (Å²) in [6.07, 6.45) is 0.784. The first-order chi connectivity index (χ1) is 15.5. The van der Waals surface area contributed by atoms with Gasteiger partial charge < -0.3 is 10.0 Å². The van der Waals surface area contributed by atoms with Crippen molar-refractivity contribution in [1.82, 2.24) is 9.97 Å². The van der Waals surface area contributed by atoms with Gasteiger partial charge in [0.1, 0.15) is 5.82 Å². The number of halogens is 2. The van der Waals surface area contributed by atoms with Crippen LogP contribution >= 0.6 is 27.5 Å². The molecule has 5 nitrogen and oxygen atoms in total. The van der Waals surface area contributed by atoms with E-state index in [1.54, 1.807) is 0 Å². The van der Waals surface area contributed by atoms with Crippen molar-refractivity contribution >= 4 is 50.2 Å². The zero-order chi connectivity index (χ0) is 22.5. The molecule has 0 aliphatic heterocycles. The van der Waals surface area contributed by atoms with Gasteiger partial charge in [0, 0.05) is 33.5 Å². The number of hydrogen-bond acceptors (Lipinski definition) is 4. The first-order valence-corrected chi connectivity index (χ1v) is 11.4. The number of carboxylic acid groups (broad SMARTS) is 1. The molecule has 0 aliphatic rings. The molecule has 1 heterocycles. The molecule has 7 heteroatoms. The number of aliphatic carboxylic acids is 1. The minimum absolute atomic E-state index is 0.0140. The summed E-state index contributed by atoms with van der Waals surface area (Å²) < 4.78 is 0.929. The molecule has 1 aromatic heterocycles. The molecule has 0 fully saturated rings. The fourth-order valence-corrected chi connectivity index (χ4v) is 4.11. The maximum Gasteiger partial charge on any atom is 0.305 e. The minimum Gasteiger partial charge on any atom is -0.481 e. The first kappa shape index (κ1) is 22.2. The van der Waals surface area contributed by atoms with Gasteiger partial charge in [-0.1, -0.05) is 70.0 Å². The average molecular weight is 511 g/mol. The maximum absolute atomic E-state index is 11.4. The molecule has 162 valence electrons. The smallest absolute Gasteiger partial charge is 0.305 e. The van der Waals surface area contributed by atoms with Gasteiger partial charge in [0.25, 0.3) is 0 Å². The maximum atomic E-state index is 11.4. The highest BCUT2D eigenvalue weighted by molar-refractivity contribution is 9.10. The van der Waals surface area contributed by atoms with E-state index in [4.69, 9.17) is 21.6 Å². The summed E-state index contributed by atoms with van der Waals surface area (Å²) in [6, 6.07) is 23.4. The second kappa shape index (κ2) is 10.1. The van der Waals surface area contributed by atoms with Gasteiger partial charge in [0.2, 0.25) is 0 Å². The summed E-state index contributed by atoms with van der Waals surface area (Å²) in [6.45, 7) is 0.971. The van der Waals surface area contributed by atoms with E-state index in [-0.39, 0.29) is 6.42 Å². The van der Waals surface area contributed by atoms with Gasteiger partial charge in [-0.3, -0.25) is 4.79 Å². The second-order valence-corrected chi connectivity index (χ2v) is 8.76. The van der Waals surface area contributed by atoms with E-state index >= 15 is 0 Å². The number of carbonyl (C=O) groups is 1. The fourth-order valence-electron chi connectivity index (χ4n) is 3.55. The minimum atomic E-state index is -0.844. The summed E-state index contributed by atoms with van der Waals surface area (Å²) >= 11 is 9.77. The number of nitrogens with zero attached hydrogens (tertiary/aromatic N) is 3. The molecule has 0 amide bonds. The third-order valence-electron chi connectivity index (χ3n) is 5.13. The van der Waals surface area contributed by atoms with Crippen LogP contribution in [0.5, 0.6) is 0 Å². The monoisotopic (exact) mass is 509 g/mol. The quantitative estimate of drug-likeness (QED) is 0.304. The number of anilines is 1. The highest BCUT2D eigenvalue weighted by Crippen LogP contribution is 2.30. The molecule has 4 aromatic rings. The van der Waals surface area contributed by atoms with E-state index < -0.39 is 5.97 Å². The predicted octanol–water partition coefficient (Wildman–Crippen LogP) is 6.24. The van der Waals surface area contributed by atoms with Crippen LogP contribution in [0.25, 0.3) is 22.3 Å². The van der Waals surface area contributed by atoms with E-state index in [0.29, 0.717) is 29.8 Å². The summed E-state index contributed by atoms with van der Waals surface area (Å²) in [7, 11) is 0. The number of carboxylic acids is 1. The van der Waals surface area contributed by atoms with Gasteiger partial charge in [0.05, 0.1) is 11.9 Å².